The molecule has 1 aromatic carbocycles. The van der Waals surface area contributed by atoms with Crippen molar-refractivity contribution in [1.82, 2.24) is 4.90 Å². The van der Waals surface area contributed by atoms with Crippen LogP contribution in [0.5, 0.6) is 11.5 Å². The predicted molar refractivity (Wildman–Crippen MR) is 93.1 cm³/mol. The van der Waals surface area contributed by atoms with Gasteiger partial charge in [0.25, 0.3) is 5.91 Å². The topological polar surface area (TPSA) is 65.1 Å². The van der Waals surface area contributed by atoms with Gasteiger partial charge in [0.2, 0.25) is 0 Å². The van der Waals surface area contributed by atoms with Gasteiger partial charge in [0.05, 0.1) is 12.0 Å². The quantitative estimate of drug-likeness (QED) is 0.461. The number of amides is 1. The molecule has 24 heavy (non-hydrogen) atoms. The van der Waals surface area contributed by atoms with Gasteiger partial charge in [-0.2, -0.15) is 0 Å². The molecule has 0 spiro atoms. The summed E-state index contributed by atoms with van der Waals surface area (Å²) in [6.45, 7) is 4.12. The Hall–Kier alpha value is -1.99. The Morgan fingerprint density at radius 1 is 1.38 bits per heavy atom. The lowest BCUT2D eigenvalue weighted by atomic mass is 10.1. The average Bonchev–Trinajstić information content (AvgIpc) is 2.53. The third kappa shape index (κ3) is 4.30. The molecule has 0 aromatic heterocycles. The maximum absolute atomic E-state index is 12.4. The minimum absolute atomic E-state index is 0.0474. The molecule has 0 bridgehead atoms. The second-order valence-electron chi connectivity index (χ2n) is 5.31. The summed E-state index contributed by atoms with van der Waals surface area (Å²) in [5.41, 5.74) is 1.58. The first-order valence-corrected chi connectivity index (χ1v) is 8.44. The van der Waals surface area contributed by atoms with Crippen molar-refractivity contribution in [3.63, 3.8) is 0 Å². The van der Waals surface area contributed by atoms with E-state index in [1.54, 1.807) is 18.1 Å². The fourth-order valence-electron chi connectivity index (χ4n) is 2.40. The smallest absolute Gasteiger partial charge is 0.308 e. The van der Waals surface area contributed by atoms with Gasteiger partial charge in [-0.05, 0) is 36.3 Å². The maximum Gasteiger partial charge on any atom is 0.308 e. The second-order valence-corrected chi connectivity index (χ2v) is 6.44. The largest absolute Gasteiger partial charge is 0.493 e. The van der Waals surface area contributed by atoms with Crippen molar-refractivity contribution in [1.29, 1.82) is 0 Å². The number of benzene rings is 1. The van der Waals surface area contributed by atoms with Crippen LogP contribution < -0.4 is 9.47 Å². The summed E-state index contributed by atoms with van der Waals surface area (Å²) in [4.78, 5) is 26.0. The molecule has 1 aromatic rings. The molecular weight excluding hydrogens is 330 g/mol. The van der Waals surface area contributed by atoms with E-state index in [0.29, 0.717) is 22.9 Å². The van der Waals surface area contributed by atoms with Crippen LogP contribution in [-0.4, -0.2) is 50.0 Å². The lowest BCUT2D eigenvalue weighted by Crippen LogP contribution is -2.38. The van der Waals surface area contributed by atoms with E-state index in [4.69, 9.17) is 14.2 Å². The first-order valence-electron chi connectivity index (χ1n) is 7.46. The SMILES string of the molecule is COCN1CCSC(=Cc2cc(C)c(OC(C)=O)c(OC)c2)C1=O. The number of hydrogen-bond acceptors (Lipinski definition) is 6. The monoisotopic (exact) mass is 351 g/mol. The van der Waals surface area contributed by atoms with Crippen LogP contribution in [0.3, 0.4) is 0 Å². The molecule has 1 fully saturated rings. The highest BCUT2D eigenvalue weighted by Gasteiger charge is 2.24. The van der Waals surface area contributed by atoms with Crippen LogP contribution in [0.1, 0.15) is 18.1 Å². The molecule has 0 atom stereocenters. The molecule has 1 aliphatic rings. The van der Waals surface area contributed by atoms with Gasteiger partial charge in [0.15, 0.2) is 11.5 Å². The molecule has 1 saturated heterocycles. The summed E-state index contributed by atoms with van der Waals surface area (Å²) in [7, 11) is 3.08. The van der Waals surface area contributed by atoms with Crippen molar-refractivity contribution in [2.24, 2.45) is 0 Å². The number of carbonyl (C=O) groups is 2. The zero-order valence-corrected chi connectivity index (χ0v) is 15.1. The van der Waals surface area contributed by atoms with E-state index in [1.807, 2.05) is 19.1 Å². The van der Waals surface area contributed by atoms with E-state index in [1.165, 1.54) is 25.8 Å². The molecule has 7 heteroatoms. The number of hydrogen-bond donors (Lipinski definition) is 0. The van der Waals surface area contributed by atoms with Crippen molar-refractivity contribution in [2.75, 3.05) is 33.2 Å². The Bertz CT molecular complexity index is 669. The van der Waals surface area contributed by atoms with Gasteiger partial charge in [0.1, 0.15) is 6.73 Å². The van der Waals surface area contributed by atoms with Gasteiger partial charge in [0, 0.05) is 26.3 Å². The molecule has 0 aliphatic carbocycles. The molecule has 2 rings (SSSR count). The minimum Gasteiger partial charge on any atom is -0.493 e. The van der Waals surface area contributed by atoms with Crippen LogP contribution in [0, 0.1) is 6.92 Å². The van der Waals surface area contributed by atoms with Crippen LogP contribution in [0.15, 0.2) is 17.0 Å². The van der Waals surface area contributed by atoms with Gasteiger partial charge >= 0.3 is 5.97 Å². The highest BCUT2D eigenvalue weighted by Crippen LogP contribution is 2.34. The number of thioether (sulfide) groups is 1. The lowest BCUT2D eigenvalue weighted by Gasteiger charge is -2.27. The fourth-order valence-corrected chi connectivity index (χ4v) is 3.40. The minimum atomic E-state index is -0.407. The molecule has 1 amide bonds. The number of aryl methyl sites for hydroxylation is 1. The van der Waals surface area contributed by atoms with Gasteiger partial charge < -0.3 is 19.1 Å². The zero-order chi connectivity index (χ0) is 17.7. The van der Waals surface area contributed by atoms with E-state index in [2.05, 4.69) is 0 Å². The number of ether oxygens (including phenoxy) is 3. The average molecular weight is 351 g/mol. The van der Waals surface area contributed by atoms with Crippen molar-refractivity contribution < 1.29 is 23.8 Å². The van der Waals surface area contributed by atoms with Gasteiger partial charge in [-0.3, -0.25) is 9.59 Å². The molecule has 0 unspecified atom stereocenters. The molecule has 6 nitrogen and oxygen atoms in total. The summed E-state index contributed by atoms with van der Waals surface area (Å²) < 4.78 is 15.6. The van der Waals surface area contributed by atoms with Crippen molar-refractivity contribution in [3.05, 3.63) is 28.2 Å². The Balaban J connectivity index is 2.33. The fraction of sp³-hybridized carbons (Fsp3) is 0.412. The van der Waals surface area contributed by atoms with E-state index in [0.717, 1.165) is 16.9 Å². The summed E-state index contributed by atoms with van der Waals surface area (Å²) in [5, 5.41) is 0. The second kappa shape index (κ2) is 8.21. The standard InChI is InChI=1S/C17H21NO5S/c1-11-7-13(8-14(22-4)16(11)23-12(2)19)9-15-17(20)18(10-21-3)5-6-24-15/h7-9H,5-6,10H2,1-4H3. The number of methoxy groups -OCH3 is 2. The Morgan fingerprint density at radius 2 is 2.12 bits per heavy atom. The van der Waals surface area contributed by atoms with Crippen LogP contribution >= 0.6 is 11.8 Å². The highest BCUT2D eigenvalue weighted by molar-refractivity contribution is 8.04. The number of nitrogens with zero attached hydrogens (tertiary/aromatic N) is 1. The van der Waals surface area contributed by atoms with Crippen molar-refractivity contribution in [3.8, 4) is 11.5 Å². The Labute approximate surface area is 145 Å². The molecule has 1 heterocycles. The van der Waals surface area contributed by atoms with Crippen LogP contribution in [0.25, 0.3) is 6.08 Å². The molecule has 0 radical (unpaired) electrons. The van der Waals surface area contributed by atoms with Crippen molar-refractivity contribution >= 4 is 29.7 Å². The maximum atomic E-state index is 12.4. The van der Waals surface area contributed by atoms with E-state index < -0.39 is 5.97 Å². The van der Waals surface area contributed by atoms with Gasteiger partial charge in [-0.15, -0.1) is 11.8 Å². The van der Waals surface area contributed by atoms with Crippen LogP contribution in [0.4, 0.5) is 0 Å². The van der Waals surface area contributed by atoms with E-state index in [-0.39, 0.29) is 12.6 Å². The van der Waals surface area contributed by atoms with E-state index in [9.17, 15) is 9.59 Å². The van der Waals surface area contributed by atoms with Gasteiger partial charge in [-0.25, -0.2) is 0 Å². The Kier molecular flexibility index (Phi) is 6.28. The van der Waals surface area contributed by atoms with Crippen molar-refractivity contribution in [2.45, 2.75) is 13.8 Å². The third-order valence-corrected chi connectivity index (χ3v) is 4.42. The van der Waals surface area contributed by atoms with Crippen LogP contribution in [0.2, 0.25) is 0 Å². The summed E-state index contributed by atoms with van der Waals surface area (Å²) in [5.74, 6) is 1.22. The summed E-state index contributed by atoms with van der Waals surface area (Å²) >= 11 is 1.52. The first kappa shape index (κ1) is 18.4. The predicted octanol–water partition coefficient (Wildman–Crippen LogP) is 2.45. The first-order chi connectivity index (χ1) is 11.5. The number of rotatable bonds is 5. The molecule has 0 saturated carbocycles. The highest BCUT2D eigenvalue weighted by atomic mass is 32.2. The third-order valence-electron chi connectivity index (χ3n) is 3.43. The lowest BCUT2D eigenvalue weighted by molar-refractivity contribution is -0.132. The Morgan fingerprint density at radius 3 is 2.75 bits per heavy atom. The summed E-state index contributed by atoms with van der Waals surface area (Å²) in [6, 6.07) is 3.61. The van der Waals surface area contributed by atoms with Crippen LogP contribution in [-0.2, 0) is 14.3 Å². The van der Waals surface area contributed by atoms with E-state index >= 15 is 0 Å². The molecule has 130 valence electrons. The number of esters is 1. The molecular formula is C17H21NO5S. The van der Waals surface area contributed by atoms with Gasteiger partial charge in [-0.1, -0.05) is 0 Å². The number of carbonyl (C=O) groups excluding carboxylic acids is 2. The molecule has 1 aliphatic heterocycles. The zero-order valence-electron chi connectivity index (χ0n) is 14.3. The normalized spacial score (nSPS) is 16.4. The molecule has 0 N–H and O–H groups in total. The summed E-state index contributed by atoms with van der Waals surface area (Å²) in [6.07, 6.45) is 1.82.